The molecule has 0 aromatic heterocycles. The highest BCUT2D eigenvalue weighted by molar-refractivity contribution is 9.10. The van der Waals surface area contributed by atoms with Crippen molar-refractivity contribution >= 4 is 15.9 Å². The van der Waals surface area contributed by atoms with Crippen molar-refractivity contribution in [3.05, 3.63) is 34.3 Å². The molecule has 0 amide bonds. The summed E-state index contributed by atoms with van der Waals surface area (Å²) in [5.41, 5.74) is 1.94. The van der Waals surface area contributed by atoms with Crippen molar-refractivity contribution < 1.29 is 0 Å². The number of benzene rings is 1. The summed E-state index contributed by atoms with van der Waals surface area (Å²) < 4.78 is 1.26. The largest absolute Gasteiger partial charge is 0.311 e. The first-order valence-corrected chi connectivity index (χ1v) is 9.00. The van der Waals surface area contributed by atoms with Crippen molar-refractivity contribution in [1.29, 1.82) is 0 Å². The number of rotatable bonds is 4. The van der Waals surface area contributed by atoms with E-state index < -0.39 is 0 Å². The van der Waals surface area contributed by atoms with Crippen molar-refractivity contribution in [3.8, 4) is 0 Å². The lowest BCUT2D eigenvalue weighted by Gasteiger charge is -2.57. The van der Waals surface area contributed by atoms with E-state index in [1.165, 1.54) is 48.6 Å². The molecule has 4 aliphatic rings. The Morgan fingerprint density at radius 3 is 2.20 bits per heavy atom. The Balaban J connectivity index is 1.39. The van der Waals surface area contributed by atoms with Gasteiger partial charge in [-0.25, -0.2) is 0 Å². The van der Waals surface area contributed by atoms with Gasteiger partial charge in [0.25, 0.3) is 0 Å². The lowest BCUT2D eigenvalue weighted by molar-refractivity contribution is -0.0192. The van der Waals surface area contributed by atoms with Crippen molar-refractivity contribution in [2.24, 2.45) is 17.8 Å². The Kier molecular flexibility index (Phi) is 3.42. The van der Waals surface area contributed by atoms with E-state index in [0.29, 0.717) is 5.54 Å². The van der Waals surface area contributed by atoms with Crippen LogP contribution in [0.3, 0.4) is 0 Å². The summed E-state index contributed by atoms with van der Waals surface area (Å²) in [7, 11) is 0. The van der Waals surface area contributed by atoms with E-state index in [0.717, 1.165) is 30.7 Å². The monoisotopic (exact) mass is 333 g/mol. The fourth-order valence-electron chi connectivity index (χ4n) is 5.49. The van der Waals surface area contributed by atoms with Crippen LogP contribution in [0.15, 0.2) is 28.7 Å². The van der Waals surface area contributed by atoms with Crippen molar-refractivity contribution in [3.63, 3.8) is 0 Å². The van der Waals surface area contributed by atoms with Gasteiger partial charge in [-0.05, 0) is 80.9 Å². The molecule has 108 valence electrons. The minimum Gasteiger partial charge on any atom is -0.311 e. The van der Waals surface area contributed by atoms with Gasteiger partial charge in [-0.3, -0.25) is 0 Å². The summed E-state index contributed by atoms with van der Waals surface area (Å²) >= 11 is 3.66. The molecule has 0 spiro atoms. The first kappa shape index (κ1) is 13.3. The zero-order chi connectivity index (χ0) is 13.6. The van der Waals surface area contributed by atoms with Crippen LogP contribution >= 0.6 is 15.9 Å². The molecule has 0 unspecified atom stereocenters. The predicted molar refractivity (Wildman–Crippen MR) is 86.8 cm³/mol. The highest BCUT2D eigenvalue weighted by Gasteiger charge is 2.50. The molecule has 2 heteroatoms. The van der Waals surface area contributed by atoms with Gasteiger partial charge in [0.15, 0.2) is 0 Å². The summed E-state index contributed by atoms with van der Waals surface area (Å²) in [5, 5.41) is 3.98. The number of nitrogens with one attached hydrogen (secondary N) is 1. The molecule has 1 N–H and O–H groups in total. The molecule has 1 aromatic rings. The molecule has 4 fully saturated rings. The third kappa shape index (κ3) is 2.46. The second-order valence-electron chi connectivity index (χ2n) is 7.47. The third-order valence-electron chi connectivity index (χ3n) is 5.89. The Morgan fingerprint density at radius 1 is 1.00 bits per heavy atom. The van der Waals surface area contributed by atoms with E-state index in [4.69, 9.17) is 0 Å². The highest BCUT2D eigenvalue weighted by atomic mass is 79.9. The van der Waals surface area contributed by atoms with Gasteiger partial charge < -0.3 is 5.32 Å². The van der Waals surface area contributed by atoms with Crippen LogP contribution in [-0.4, -0.2) is 12.1 Å². The van der Waals surface area contributed by atoms with Gasteiger partial charge in [-0.15, -0.1) is 0 Å². The van der Waals surface area contributed by atoms with E-state index in [9.17, 15) is 0 Å². The third-order valence-corrected chi connectivity index (χ3v) is 6.66. The zero-order valence-corrected chi connectivity index (χ0v) is 13.7. The molecule has 1 nitrogen and oxygen atoms in total. The number of halogens is 1. The molecule has 4 saturated carbocycles. The standard InChI is InChI=1S/C18H24BrN/c19-17-4-2-1-3-16(17)5-6-20-18-10-13-7-14(11-18)9-15(8-13)12-18/h1-4,13-15,20H,5-12H2. The molecule has 0 atom stereocenters. The van der Waals surface area contributed by atoms with Crippen LogP contribution in [-0.2, 0) is 6.42 Å². The zero-order valence-electron chi connectivity index (χ0n) is 12.1. The summed E-state index contributed by atoms with van der Waals surface area (Å²) in [6, 6.07) is 8.64. The molecular formula is C18H24BrN. The van der Waals surface area contributed by atoms with Crippen LogP contribution in [0.25, 0.3) is 0 Å². The number of hydrogen-bond donors (Lipinski definition) is 1. The summed E-state index contributed by atoms with van der Waals surface area (Å²) in [6.45, 7) is 1.13. The molecule has 0 aliphatic heterocycles. The number of hydrogen-bond acceptors (Lipinski definition) is 1. The fourth-order valence-corrected chi connectivity index (χ4v) is 5.97. The Bertz CT molecular complexity index is 461. The van der Waals surface area contributed by atoms with E-state index in [1.807, 2.05) is 0 Å². The molecule has 0 radical (unpaired) electrons. The average molecular weight is 334 g/mol. The van der Waals surface area contributed by atoms with E-state index in [-0.39, 0.29) is 0 Å². The molecule has 4 bridgehead atoms. The van der Waals surface area contributed by atoms with Gasteiger partial charge >= 0.3 is 0 Å². The first-order chi connectivity index (χ1) is 9.72. The Morgan fingerprint density at radius 2 is 1.60 bits per heavy atom. The average Bonchev–Trinajstić information content (AvgIpc) is 2.39. The van der Waals surface area contributed by atoms with Gasteiger partial charge in [0.1, 0.15) is 0 Å². The van der Waals surface area contributed by atoms with Crippen molar-refractivity contribution in [1.82, 2.24) is 5.32 Å². The second kappa shape index (κ2) is 5.14. The maximum absolute atomic E-state index is 3.98. The Labute approximate surface area is 130 Å². The summed E-state index contributed by atoms with van der Waals surface area (Å²) in [5.74, 6) is 3.12. The van der Waals surface area contributed by atoms with Crippen molar-refractivity contribution in [2.45, 2.75) is 50.5 Å². The van der Waals surface area contributed by atoms with E-state index in [2.05, 4.69) is 45.5 Å². The minimum atomic E-state index is 0.510. The highest BCUT2D eigenvalue weighted by Crippen LogP contribution is 2.55. The van der Waals surface area contributed by atoms with Crippen molar-refractivity contribution in [2.75, 3.05) is 6.54 Å². The lowest BCUT2D eigenvalue weighted by atomic mass is 9.53. The van der Waals surface area contributed by atoms with Crippen LogP contribution in [0.5, 0.6) is 0 Å². The lowest BCUT2D eigenvalue weighted by Crippen LogP contribution is -2.58. The maximum atomic E-state index is 3.98. The molecule has 0 saturated heterocycles. The smallest absolute Gasteiger partial charge is 0.0207 e. The van der Waals surface area contributed by atoms with Gasteiger partial charge in [-0.2, -0.15) is 0 Å². The fraction of sp³-hybridized carbons (Fsp3) is 0.667. The molecule has 1 aromatic carbocycles. The molecule has 0 heterocycles. The van der Waals surface area contributed by atoms with E-state index >= 15 is 0 Å². The normalized spacial score (nSPS) is 38.4. The second-order valence-corrected chi connectivity index (χ2v) is 8.32. The van der Waals surface area contributed by atoms with Gasteiger partial charge in [0.2, 0.25) is 0 Å². The van der Waals surface area contributed by atoms with Crippen LogP contribution in [0.2, 0.25) is 0 Å². The first-order valence-electron chi connectivity index (χ1n) is 8.21. The van der Waals surface area contributed by atoms with Crippen LogP contribution < -0.4 is 5.32 Å². The summed E-state index contributed by atoms with van der Waals surface area (Å²) in [4.78, 5) is 0. The van der Waals surface area contributed by atoms with Gasteiger partial charge in [-0.1, -0.05) is 34.1 Å². The minimum absolute atomic E-state index is 0.510. The van der Waals surface area contributed by atoms with Crippen LogP contribution in [0, 0.1) is 17.8 Å². The molecule has 20 heavy (non-hydrogen) atoms. The topological polar surface area (TPSA) is 12.0 Å². The van der Waals surface area contributed by atoms with Gasteiger partial charge in [0.05, 0.1) is 0 Å². The summed E-state index contributed by atoms with van der Waals surface area (Å²) in [6.07, 6.45) is 10.1. The maximum Gasteiger partial charge on any atom is 0.0207 e. The quantitative estimate of drug-likeness (QED) is 0.852. The molecule has 4 aliphatic carbocycles. The van der Waals surface area contributed by atoms with E-state index in [1.54, 1.807) is 0 Å². The van der Waals surface area contributed by atoms with Crippen LogP contribution in [0.4, 0.5) is 0 Å². The Hall–Kier alpha value is -0.340. The van der Waals surface area contributed by atoms with Crippen LogP contribution in [0.1, 0.15) is 44.1 Å². The predicted octanol–water partition coefficient (Wildman–Crippen LogP) is 4.55. The SMILES string of the molecule is Brc1ccccc1CCNC12CC3CC(CC(C3)C1)C2. The molecule has 5 rings (SSSR count). The van der Waals surface area contributed by atoms with Gasteiger partial charge in [0, 0.05) is 10.0 Å². The molecular weight excluding hydrogens is 310 g/mol.